The van der Waals surface area contributed by atoms with Crippen molar-refractivity contribution in [3.05, 3.63) is 247 Å². The van der Waals surface area contributed by atoms with Crippen LogP contribution in [-0.2, 0) is 14.4 Å². The van der Waals surface area contributed by atoms with Crippen LogP contribution in [0.15, 0.2) is 149 Å². The fraction of sp³-hybridized carbons (Fsp3) is 0.333. The van der Waals surface area contributed by atoms with Gasteiger partial charge in [0.05, 0.1) is 124 Å². The molecule has 12 heterocycles. The molecule has 3 amide bonds. The number of aromatic nitrogens is 9. The molecular weight excluding hydrogens is 1770 g/mol. The summed E-state index contributed by atoms with van der Waals surface area (Å²) in [6, 6.07) is 12.9. The van der Waals surface area contributed by atoms with Gasteiger partial charge in [-0.2, -0.15) is 15.0 Å². The number of aromatic hydroxyl groups is 3. The Labute approximate surface area is 774 Å². The number of phenols is 3. The normalized spacial score (nSPS) is 18.0. The first kappa shape index (κ1) is 94.1. The second kappa shape index (κ2) is 36.7. The zero-order valence-corrected chi connectivity index (χ0v) is 77.1. The van der Waals surface area contributed by atoms with E-state index in [1.54, 1.807) is 84.2 Å². The van der Waals surface area contributed by atoms with Crippen molar-refractivity contribution < 1.29 is 69.2 Å². The maximum Gasteiger partial charge on any atom is 0.354 e. The van der Waals surface area contributed by atoms with Gasteiger partial charge >= 0.3 is 17.1 Å². The number of nitrogens with one attached hydrogen (secondary N) is 1. The van der Waals surface area contributed by atoms with Gasteiger partial charge in [0.1, 0.15) is 69.0 Å². The number of hydrogen-bond donors (Lipinski definition) is 4. The predicted octanol–water partition coefficient (Wildman–Crippen LogP) is 16.5. The Morgan fingerprint density at radius 1 is 0.437 bits per heavy atom. The first-order valence-corrected chi connectivity index (χ1v) is 45.2. The second-order valence-electron chi connectivity index (χ2n) is 35.7. The van der Waals surface area contributed by atoms with Gasteiger partial charge in [0.2, 0.25) is 17.7 Å². The van der Waals surface area contributed by atoms with Crippen LogP contribution < -0.4 is 42.0 Å². The van der Waals surface area contributed by atoms with Gasteiger partial charge in [0.25, 0.3) is 0 Å². The molecule has 6 aromatic carbocycles. The standard InChI is InChI=1S/C34H35F3N6O3.C33H33F3N6O3.C32H30F3N5O3S/c1-7-23(45)41-15-19(5)42-20(16-41)12-14-40(6)31-26-32(28(37)25(27(31)36)24-21(35)9-8-10-22(24)44)43(34(46)39-33(26)42)30-18(4)11-13-38-29(30)17(2)3;1-6-22(44)40-14-18(5)41-19(15-40)11-13-38-29-25-31(27(36)24(26(29)35)23-20(34)8-7-9-21(23)43)42(33(45)39-32(25)41)30-17(4)10-12-37-28(30)16(2)3;1-6-21(42)38-12-17(5)39-18(13-38)14-44-30-24-29(25(34)23(26(30)35)22-19(33)8-7-9-20(22)41)40(32(43)37-31(24)39)28-16(4)10-11-36-27(28)15(2)3/h7-11,13,17,19-20,44H,1,12,14-16H2,2-6H3;6-10,12,16,18-19,38,43H,1,11,13-15H2,2-5H3;6-11,15,17-18,41H,1,12-14H2,2-5H3. The highest BCUT2D eigenvalue weighted by Crippen LogP contribution is 2.53. The van der Waals surface area contributed by atoms with Crippen LogP contribution >= 0.6 is 11.8 Å². The van der Waals surface area contributed by atoms with Crippen LogP contribution in [0.25, 0.3) is 83.2 Å². The molecule has 4 N–H and O–H groups in total. The van der Waals surface area contributed by atoms with E-state index in [0.29, 0.717) is 52.3 Å². The molecule has 0 saturated carbocycles. The zero-order valence-electron chi connectivity index (χ0n) is 76.2. The summed E-state index contributed by atoms with van der Waals surface area (Å²) in [7, 11) is 1.63. The largest absolute Gasteiger partial charge is 0.507 e. The molecule has 36 heteroatoms. The number of aryl methyl sites for hydroxylation is 3. The number of carbonyl (C=O) groups is 3. The summed E-state index contributed by atoms with van der Waals surface area (Å²) in [4.78, 5) is 119. The van der Waals surface area contributed by atoms with Crippen LogP contribution in [0.3, 0.4) is 0 Å². The van der Waals surface area contributed by atoms with Crippen LogP contribution in [0.4, 0.5) is 68.3 Å². The fourth-order valence-electron chi connectivity index (χ4n) is 20.0. The van der Waals surface area contributed by atoms with Crippen molar-refractivity contribution >= 4 is 91.0 Å². The van der Waals surface area contributed by atoms with E-state index in [1.165, 1.54) is 36.4 Å². The van der Waals surface area contributed by atoms with E-state index in [4.69, 9.17) is 0 Å². The van der Waals surface area contributed by atoms with Gasteiger partial charge < -0.3 is 54.9 Å². The maximum atomic E-state index is 17.4. The lowest BCUT2D eigenvalue weighted by molar-refractivity contribution is -0.128. The summed E-state index contributed by atoms with van der Waals surface area (Å²) in [5.41, 5.74) is -3.95. The summed E-state index contributed by atoms with van der Waals surface area (Å²) < 4.78 is 151. The van der Waals surface area contributed by atoms with Crippen molar-refractivity contribution in [2.75, 3.05) is 90.1 Å². The fourth-order valence-corrected chi connectivity index (χ4v) is 21.2. The average molecular weight is 1870 g/mol. The number of carbonyl (C=O) groups excluding carboxylic acids is 3. The number of phenolic OH excluding ortho intramolecular Hbond substituents is 3. The molecule has 0 bridgehead atoms. The Morgan fingerprint density at radius 2 is 0.778 bits per heavy atom. The topological polar surface area (TPSA) is 290 Å². The lowest BCUT2D eigenvalue weighted by atomic mass is 9.95. The Kier molecular flexibility index (Phi) is 25.6. The number of piperazine rings is 3. The molecule has 6 aliphatic rings. The lowest BCUT2D eigenvalue weighted by Crippen LogP contribution is -2.60. The number of fused-ring (bicyclic) bond motifs is 6. The highest BCUT2D eigenvalue weighted by molar-refractivity contribution is 7.99. The Hall–Kier alpha value is -14.1. The Bertz CT molecular complexity index is 7110. The van der Waals surface area contributed by atoms with E-state index in [-0.39, 0.29) is 190 Å². The van der Waals surface area contributed by atoms with Gasteiger partial charge in [-0.15, -0.1) is 11.8 Å². The summed E-state index contributed by atoms with van der Waals surface area (Å²) in [6.45, 7) is 35.0. The molecule has 0 radical (unpaired) electrons. The number of anilines is 5. The van der Waals surface area contributed by atoms with Gasteiger partial charge in [-0.25, -0.2) is 53.9 Å². The van der Waals surface area contributed by atoms with Crippen molar-refractivity contribution in [1.82, 2.24) is 58.3 Å². The second-order valence-corrected chi connectivity index (χ2v) is 36.7. The van der Waals surface area contributed by atoms with Gasteiger partial charge in [0, 0.05) is 102 Å². The molecular formula is C99H98F9N17O9S. The first-order chi connectivity index (χ1) is 64.3. The number of benzene rings is 6. The summed E-state index contributed by atoms with van der Waals surface area (Å²) in [5, 5.41) is 35.1. The molecule has 12 aromatic rings. The van der Waals surface area contributed by atoms with Crippen molar-refractivity contribution in [3.8, 4) is 67.7 Å². The third kappa shape index (κ3) is 15.9. The molecule has 18 rings (SSSR count). The van der Waals surface area contributed by atoms with Gasteiger partial charge in [-0.05, 0) is 162 Å². The van der Waals surface area contributed by atoms with Crippen molar-refractivity contribution in [2.24, 2.45) is 0 Å². The number of pyridine rings is 3. The monoisotopic (exact) mass is 1870 g/mol. The number of thioether (sulfide) groups is 1. The highest BCUT2D eigenvalue weighted by atomic mass is 32.2. The number of rotatable bonds is 12. The third-order valence-electron chi connectivity index (χ3n) is 25.9. The number of amides is 3. The Balaban J connectivity index is 0.000000147. The van der Waals surface area contributed by atoms with Crippen molar-refractivity contribution in [1.29, 1.82) is 0 Å². The first-order valence-electron chi connectivity index (χ1n) is 44.2. The minimum Gasteiger partial charge on any atom is -0.507 e. The van der Waals surface area contributed by atoms with Gasteiger partial charge in [-0.3, -0.25) is 43.0 Å². The summed E-state index contributed by atoms with van der Waals surface area (Å²) in [5.74, 6) is -12.9. The summed E-state index contributed by atoms with van der Waals surface area (Å²) >= 11 is 1.07. The average Bonchev–Trinajstić information content (AvgIpc) is 1.55. The van der Waals surface area contributed by atoms with Crippen LogP contribution in [0.1, 0.15) is 127 Å². The molecule has 26 nitrogen and oxygen atoms in total. The molecule has 3 saturated heterocycles. The number of nitrogens with zero attached hydrogens (tertiary/aromatic N) is 16. The molecule has 3 fully saturated rings. The highest BCUT2D eigenvalue weighted by Gasteiger charge is 2.46. The molecule has 6 aromatic heterocycles. The molecule has 135 heavy (non-hydrogen) atoms. The molecule has 0 spiro atoms. The smallest absolute Gasteiger partial charge is 0.354 e. The minimum atomic E-state index is -1.24. The summed E-state index contributed by atoms with van der Waals surface area (Å²) in [6.07, 6.45) is 9.33. The maximum absolute atomic E-state index is 17.4. The van der Waals surface area contributed by atoms with Crippen LogP contribution in [0.2, 0.25) is 0 Å². The minimum absolute atomic E-state index is 0.0119. The SMILES string of the molecule is C=CC(=O)N1CC(C)N2c3nc(=O)n(-c4c(C)ccnc4C(C)C)c4c(F)c(-c5c(O)cccc5F)c(F)c(c34)N(C)CCC2C1.C=CC(=O)N1CC(C)N2c3nc(=O)n(-c4c(C)ccnc4C(C)C)c4c(F)c(-c5c(O)cccc5F)c(F)c(c34)NCCC2C1.C=CC(=O)N1CC(C)N2c3nc(=O)n(-c4c(C)ccnc4C(C)C)c4c(F)c(-c5c(O)cccc5F)c(F)c(c34)SCC2C1. The molecule has 0 aliphatic carbocycles. The van der Waals surface area contributed by atoms with Crippen LogP contribution in [0.5, 0.6) is 17.2 Å². The molecule has 6 atom stereocenters. The predicted molar refractivity (Wildman–Crippen MR) is 502 cm³/mol. The van der Waals surface area contributed by atoms with E-state index in [9.17, 15) is 44.1 Å². The quantitative estimate of drug-likeness (QED) is 0.0653. The molecule has 6 unspecified atom stereocenters. The van der Waals surface area contributed by atoms with Crippen LogP contribution in [0, 0.1) is 73.1 Å². The number of hydrogen-bond acceptors (Lipinski definition) is 21. The number of halogens is 9. The third-order valence-corrected chi connectivity index (χ3v) is 27.2. The molecule has 702 valence electrons. The van der Waals surface area contributed by atoms with E-state index in [2.05, 4.69) is 55.0 Å². The van der Waals surface area contributed by atoms with E-state index in [0.717, 1.165) is 61.9 Å². The van der Waals surface area contributed by atoms with E-state index in [1.807, 2.05) is 77.0 Å². The van der Waals surface area contributed by atoms with E-state index >= 15 is 39.5 Å². The Morgan fingerprint density at radius 3 is 1.16 bits per heavy atom. The molecule has 6 aliphatic heterocycles. The van der Waals surface area contributed by atoms with Gasteiger partial charge in [0.15, 0.2) is 29.1 Å². The van der Waals surface area contributed by atoms with Crippen LogP contribution in [-0.4, -0.2) is 193 Å². The van der Waals surface area contributed by atoms with E-state index < -0.39 is 138 Å². The lowest BCUT2D eigenvalue weighted by Gasteiger charge is -2.48. The zero-order chi connectivity index (χ0) is 97.1. The van der Waals surface area contributed by atoms with Crippen molar-refractivity contribution in [2.45, 2.75) is 155 Å². The van der Waals surface area contributed by atoms with Crippen molar-refractivity contribution in [3.63, 3.8) is 0 Å². The van der Waals surface area contributed by atoms with Gasteiger partial charge in [-0.1, -0.05) is 79.5 Å².